The van der Waals surface area contributed by atoms with Crippen LogP contribution >= 0.6 is 0 Å². The minimum Gasteiger partial charge on any atom is -0.352 e. The number of carbonyl (C=O) groups excluding carboxylic acids is 1. The lowest BCUT2D eigenvalue weighted by atomic mass is 10.1. The Kier molecular flexibility index (Phi) is 5.28. The Labute approximate surface area is 112 Å². The van der Waals surface area contributed by atoms with Crippen LogP contribution < -0.4 is 21.5 Å². The van der Waals surface area contributed by atoms with Crippen LogP contribution in [0.15, 0.2) is 29.2 Å². The molecule has 1 atom stereocenters. The molecular formula is C11H18N4O3S. The fourth-order valence-electron chi connectivity index (χ4n) is 1.40. The second kappa shape index (κ2) is 6.50. The third-order valence-electron chi connectivity index (χ3n) is 2.43. The maximum Gasteiger partial charge on any atom is 0.312 e. The van der Waals surface area contributed by atoms with E-state index in [1.807, 2.05) is 6.92 Å². The van der Waals surface area contributed by atoms with Gasteiger partial charge in [0, 0.05) is 19.1 Å². The molecule has 1 rings (SSSR count). The molecule has 0 fully saturated rings. The first-order valence-electron chi connectivity index (χ1n) is 5.71. The van der Waals surface area contributed by atoms with Crippen molar-refractivity contribution >= 4 is 16.1 Å². The zero-order valence-electron chi connectivity index (χ0n) is 10.6. The SMILES string of the molecule is CC(N)c1ccc(S(=O)(=O)NCCNC(N)=O)cc1. The van der Waals surface area contributed by atoms with Gasteiger partial charge >= 0.3 is 6.03 Å². The Morgan fingerprint density at radius 1 is 1.26 bits per heavy atom. The van der Waals surface area contributed by atoms with Crippen molar-refractivity contribution in [2.24, 2.45) is 11.5 Å². The summed E-state index contributed by atoms with van der Waals surface area (Å²) in [6, 6.07) is 5.47. The van der Waals surface area contributed by atoms with Crippen molar-refractivity contribution in [3.8, 4) is 0 Å². The van der Waals surface area contributed by atoms with E-state index in [1.165, 1.54) is 12.1 Å². The van der Waals surface area contributed by atoms with Crippen LogP contribution in [0.25, 0.3) is 0 Å². The van der Waals surface area contributed by atoms with Crippen LogP contribution in [0.1, 0.15) is 18.5 Å². The summed E-state index contributed by atoms with van der Waals surface area (Å²) >= 11 is 0. The number of rotatable bonds is 6. The minimum absolute atomic E-state index is 0.0698. The van der Waals surface area contributed by atoms with Gasteiger partial charge in [0.1, 0.15) is 0 Å². The number of urea groups is 1. The van der Waals surface area contributed by atoms with Crippen molar-refractivity contribution in [1.29, 1.82) is 0 Å². The third kappa shape index (κ3) is 4.86. The van der Waals surface area contributed by atoms with Gasteiger partial charge in [-0.05, 0) is 24.6 Å². The van der Waals surface area contributed by atoms with Crippen LogP contribution in [0, 0.1) is 0 Å². The average molecular weight is 286 g/mol. The van der Waals surface area contributed by atoms with E-state index in [2.05, 4.69) is 10.0 Å². The van der Waals surface area contributed by atoms with Crippen molar-refractivity contribution in [1.82, 2.24) is 10.0 Å². The van der Waals surface area contributed by atoms with Gasteiger partial charge in [-0.25, -0.2) is 17.9 Å². The van der Waals surface area contributed by atoms with Crippen molar-refractivity contribution in [3.63, 3.8) is 0 Å². The molecule has 6 N–H and O–H groups in total. The highest BCUT2D eigenvalue weighted by atomic mass is 32.2. The van der Waals surface area contributed by atoms with E-state index >= 15 is 0 Å². The molecule has 7 nitrogen and oxygen atoms in total. The molecule has 0 heterocycles. The molecule has 1 aromatic rings. The van der Waals surface area contributed by atoms with E-state index in [4.69, 9.17) is 11.5 Å². The summed E-state index contributed by atoms with van der Waals surface area (Å²) < 4.78 is 26.1. The Balaban J connectivity index is 2.64. The second-order valence-electron chi connectivity index (χ2n) is 4.05. The van der Waals surface area contributed by atoms with Gasteiger partial charge in [0.2, 0.25) is 10.0 Å². The number of nitrogens with two attached hydrogens (primary N) is 2. The molecule has 1 aromatic carbocycles. The average Bonchev–Trinajstić information content (AvgIpc) is 2.34. The smallest absolute Gasteiger partial charge is 0.312 e. The Morgan fingerprint density at radius 2 is 1.84 bits per heavy atom. The van der Waals surface area contributed by atoms with Gasteiger partial charge < -0.3 is 16.8 Å². The van der Waals surface area contributed by atoms with Crippen LogP contribution in [-0.2, 0) is 10.0 Å². The van der Waals surface area contributed by atoms with Crippen molar-refractivity contribution in [3.05, 3.63) is 29.8 Å². The molecule has 0 spiro atoms. The normalized spacial score (nSPS) is 12.9. The van der Waals surface area contributed by atoms with E-state index in [9.17, 15) is 13.2 Å². The highest BCUT2D eigenvalue weighted by Gasteiger charge is 2.13. The second-order valence-corrected chi connectivity index (χ2v) is 5.81. The number of carbonyl (C=O) groups is 1. The van der Waals surface area contributed by atoms with Gasteiger partial charge in [0.15, 0.2) is 0 Å². The number of nitrogens with one attached hydrogen (secondary N) is 2. The van der Waals surface area contributed by atoms with Gasteiger partial charge in [-0.3, -0.25) is 0 Å². The molecule has 0 radical (unpaired) electrons. The van der Waals surface area contributed by atoms with Crippen LogP contribution in [-0.4, -0.2) is 27.5 Å². The van der Waals surface area contributed by atoms with E-state index in [-0.39, 0.29) is 24.0 Å². The summed E-state index contributed by atoms with van der Waals surface area (Å²) in [5, 5.41) is 2.29. The molecule has 1 unspecified atom stereocenters. The van der Waals surface area contributed by atoms with Crippen LogP contribution in [0.5, 0.6) is 0 Å². The largest absolute Gasteiger partial charge is 0.352 e. The molecule has 8 heteroatoms. The van der Waals surface area contributed by atoms with E-state index < -0.39 is 16.1 Å². The number of benzene rings is 1. The Morgan fingerprint density at radius 3 is 2.32 bits per heavy atom. The monoisotopic (exact) mass is 286 g/mol. The zero-order valence-corrected chi connectivity index (χ0v) is 11.4. The summed E-state index contributed by atoms with van der Waals surface area (Å²) in [6.45, 7) is 2.02. The van der Waals surface area contributed by atoms with Gasteiger partial charge in [-0.15, -0.1) is 0 Å². The molecule has 19 heavy (non-hydrogen) atoms. The summed E-state index contributed by atoms with van der Waals surface area (Å²) in [5.74, 6) is 0. The molecule has 0 saturated carbocycles. The quantitative estimate of drug-likeness (QED) is 0.533. The van der Waals surface area contributed by atoms with Gasteiger partial charge in [-0.1, -0.05) is 12.1 Å². The van der Waals surface area contributed by atoms with Crippen molar-refractivity contribution in [2.75, 3.05) is 13.1 Å². The van der Waals surface area contributed by atoms with Gasteiger partial charge in [-0.2, -0.15) is 0 Å². The number of hydrogen-bond donors (Lipinski definition) is 4. The number of sulfonamides is 1. The highest BCUT2D eigenvalue weighted by Crippen LogP contribution is 2.14. The van der Waals surface area contributed by atoms with E-state index in [1.54, 1.807) is 12.1 Å². The zero-order chi connectivity index (χ0) is 14.5. The summed E-state index contributed by atoms with van der Waals surface area (Å²) in [7, 11) is -3.58. The van der Waals surface area contributed by atoms with E-state index in [0.29, 0.717) is 0 Å². The molecule has 0 aliphatic heterocycles. The summed E-state index contributed by atoms with van der Waals surface area (Å²) in [5.41, 5.74) is 11.4. The first-order chi connectivity index (χ1) is 8.83. The molecule has 0 aromatic heterocycles. The summed E-state index contributed by atoms with van der Waals surface area (Å²) in [6.07, 6.45) is 0. The van der Waals surface area contributed by atoms with Crippen LogP contribution in [0.2, 0.25) is 0 Å². The molecule has 0 aliphatic carbocycles. The van der Waals surface area contributed by atoms with Gasteiger partial charge in [0.05, 0.1) is 4.90 Å². The Hall–Kier alpha value is -1.64. The first kappa shape index (κ1) is 15.4. The fourth-order valence-corrected chi connectivity index (χ4v) is 2.44. The van der Waals surface area contributed by atoms with Crippen molar-refractivity contribution in [2.45, 2.75) is 17.9 Å². The molecule has 0 saturated heterocycles. The minimum atomic E-state index is -3.58. The lowest BCUT2D eigenvalue weighted by Gasteiger charge is -2.09. The maximum atomic E-state index is 11.9. The predicted octanol–water partition coefficient (Wildman–Crippen LogP) is -0.347. The summed E-state index contributed by atoms with van der Waals surface area (Å²) in [4.78, 5) is 10.6. The number of hydrogen-bond acceptors (Lipinski definition) is 4. The molecule has 2 amide bonds. The first-order valence-corrected chi connectivity index (χ1v) is 7.20. The number of primary amides is 1. The molecule has 0 aliphatic rings. The maximum absolute atomic E-state index is 11.9. The molecule has 0 bridgehead atoms. The van der Waals surface area contributed by atoms with Crippen molar-refractivity contribution < 1.29 is 13.2 Å². The lowest BCUT2D eigenvalue weighted by molar-refractivity contribution is 0.249. The fraction of sp³-hybridized carbons (Fsp3) is 0.364. The van der Waals surface area contributed by atoms with E-state index in [0.717, 1.165) is 5.56 Å². The standard InChI is InChI=1S/C11H18N4O3S/c1-8(12)9-2-4-10(5-3-9)19(17,18)15-7-6-14-11(13)16/h2-5,8,15H,6-7,12H2,1H3,(H3,13,14,16). The van der Waals surface area contributed by atoms with Crippen LogP contribution in [0.3, 0.4) is 0 Å². The molecule has 106 valence electrons. The molecular weight excluding hydrogens is 268 g/mol. The topological polar surface area (TPSA) is 127 Å². The predicted molar refractivity (Wildman–Crippen MR) is 71.8 cm³/mol. The van der Waals surface area contributed by atoms with Gasteiger partial charge in [0.25, 0.3) is 0 Å². The lowest BCUT2D eigenvalue weighted by Crippen LogP contribution is -2.37. The Bertz CT molecular complexity index is 525. The third-order valence-corrected chi connectivity index (χ3v) is 3.91. The highest BCUT2D eigenvalue weighted by molar-refractivity contribution is 7.89. The number of amides is 2. The van der Waals surface area contributed by atoms with Crippen LogP contribution in [0.4, 0.5) is 4.79 Å².